The van der Waals surface area contributed by atoms with Crippen LogP contribution in [0.3, 0.4) is 0 Å². The summed E-state index contributed by atoms with van der Waals surface area (Å²) in [6, 6.07) is 15.2. The topological polar surface area (TPSA) is 82.0 Å². The van der Waals surface area contributed by atoms with Crippen molar-refractivity contribution >= 4 is 56.8 Å². The first-order valence-electron chi connectivity index (χ1n) is 8.75. The van der Waals surface area contributed by atoms with Crippen molar-refractivity contribution in [2.45, 2.75) is 19.3 Å². The van der Waals surface area contributed by atoms with Gasteiger partial charge < -0.3 is 10.6 Å². The molecule has 0 fully saturated rings. The minimum Gasteiger partial charge on any atom is -0.324 e. The van der Waals surface area contributed by atoms with Crippen LogP contribution in [0.4, 0.5) is 5.69 Å². The average molecular weight is 491 g/mol. The van der Waals surface area contributed by atoms with Gasteiger partial charge in [0, 0.05) is 16.8 Å². The van der Waals surface area contributed by atoms with Gasteiger partial charge >= 0.3 is 0 Å². The van der Waals surface area contributed by atoms with Crippen molar-refractivity contribution in [2.24, 2.45) is 0 Å². The van der Waals surface area contributed by atoms with Crippen LogP contribution < -0.4 is 10.6 Å². The molecule has 2 N–H and O–H groups in total. The van der Waals surface area contributed by atoms with Crippen LogP contribution >= 0.6 is 39.3 Å². The standard InChI is InChI=1S/C21H17BrClN3O2S/c1-12-2-4-13(5-3-12)15-9-19(27)26-21(16(15)10-24)29-11-20(28)25-18-7-6-14(22)8-17(18)23/h2-8,15H,9,11H2,1H3,(H,25,28)(H,26,27)/t15-/m1/s1. The number of anilines is 1. The van der Waals surface area contributed by atoms with E-state index in [9.17, 15) is 14.9 Å². The van der Waals surface area contributed by atoms with Gasteiger partial charge in [0.25, 0.3) is 0 Å². The Morgan fingerprint density at radius 2 is 2.07 bits per heavy atom. The summed E-state index contributed by atoms with van der Waals surface area (Å²) in [4.78, 5) is 24.5. The summed E-state index contributed by atoms with van der Waals surface area (Å²) in [6.07, 6.45) is 0.205. The molecule has 0 saturated carbocycles. The molecule has 0 bridgehead atoms. The molecule has 29 heavy (non-hydrogen) atoms. The van der Waals surface area contributed by atoms with Gasteiger partial charge in [-0.3, -0.25) is 9.59 Å². The van der Waals surface area contributed by atoms with Crippen LogP contribution in [0, 0.1) is 18.3 Å². The number of carbonyl (C=O) groups is 2. The van der Waals surface area contributed by atoms with Crippen LogP contribution in [0.2, 0.25) is 5.02 Å². The summed E-state index contributed by atoms with van der Waals surface area (Å²) >= 11 is 10.6. The maximum Gasteiger partial charge on any atom is 0.234 e. The van der Waals surface area contributed by atoms with Crippen molar-refractivity contribution in [1.29, 1.82) is 5.26 Å². The first-order chi connectivity index (χ1) is 13.9. The summed E-state index contributed by atoms with van der Waals surface area (Å²) in [5, 5.41) is 16.0. The molecule has 5 nitrogen and oxygen atoms in total. The maximum atomic E-state index is 12.3. The van der Waals surface area contributed by atoms with E-state index in [4.69, 9.17) is 11.6 Å². The Balaban J connectivity index is 1.75. The van der Waals surface area contributed by atoms with E-state index in [1.807, 2.05) is 31.2 Å². The van der Waals surface area contributed by atoms with E-state index in [1.54, 1.807) is 18.2 Å². The van der Waals surface area contributed by atoms with Crippen LogP contribution in [0.1, 0.15) is 23.5 Å². The molecule has 2 amide bonds. The first kappa shape index (κ1) is 21.4. The largest absolute Gasteiger partial charge is 0.324 e. The zero-order chi connectivity index (χ0) is 21.0. The molecule has 0 saturated heterocycles. The van der Waals surface area contributed by atoms with Crippen LogP contribution in [-0.4, -0.2) is 17.6 Å². The summed E-state index contributed by atoms with van der Waals surface area (Å²) in [6.45, 7) is 1.98. The van der Waals surface area contributed by atoms with E-state index in [-0.39, 0.29) is 29.9 Å². The molecule has 1 atom stereocenters. The SMILES string of the molecule is Cc1ccc([C@H]2CC(=O)NC(SCC(=O)Nc3ccc(Br)cc3Cl)=C2C#N)cc1. The van der Waals surface area contributed by atoms with Gasteiger partial charge in [-0.05, 0) is 30.7 Å². The van der Waals surface area contributed by atoms with Crippen LogP contribution in [0.15, 0.2) is 57.5 Å². The lowest BCUT2D eigenvalue weighted by molar-refractivity contribution is -0.121. The van der Waals surface area contributed by atoms with Crippen molar-refractivity contribution in [3.05, 3.63) is 73.7 Å². The average Bonchev–Trinajstić information content (AvgIpc) is 2.68. The Bertz CT molecular complexity index is 1030. The molecular weight excluding hydrogens is 474 g/mol. The molecule has 0 unspecified atom stereocenters. The molecule has 2 aromatic rings. The van der Waals surface area contributed by atoms with Crippen molar-refractivity contribution in [3.8, 4) is 6.07 Å². The van der Waals surface area contributed by atoms with Crippen molar-refractivity contribution in [3.63, 3.8) is 0 Å². The highest BCUT2D eigenvalue weighted by Crippen LogP contribution is 2.36. The highest BCUT2D eigenvalue weighted by Gasteiger charge is 2.29. The molecule has 0 aromatic heterocycles. The number of nitriles is 1. The highest BCUT2D eigenvalue weighted by atomic mass is 79.9. The van der Waals surface area contributed by atoms with Gasteiger partial charge in [-0.2, -0.15) is 5.26 Å². The van der Waals surface area contributed by atoms with Crippen molar-refractivity contribution < 1.29 is 9.59 Å². The number of allylic oxidation sites excluding steroid dienone is 1. The lowest BCUT2D eigenvalue weighted by Crippen LogP contribution is -2.31. The number of amides is 2. The quantitative estimate of drug-likeness (QED) is 0.609. The molecule has 2 aromatic carbocycles. The summed E-state index contributed by atoms with van der Waals surface area (Å²) in [5.74, 6) is -0.738. The van der Waals surface area contributed by atoms with E-state index in [1.165, 1.54) is 0 Å². The number of nitrogens with zero attached hydrogens (tertiary/aromatic N) is 1. The molecule has 148 valence electrons. The van der Waals surface area contributed by atoms with Gasteiger partial charge in [0.1, 0.15) is 0 Å². The van der Waals surface area contributed by atoms with Gasteiger partial charge in [-0.15, -0.1) is 0 Å². The second kappa shape index (κ2) is 9.49. The van der Waals surface area contributed by atoms with Gasteiger partial charge in [-0.25, -0.2) is 0 Å². The minimum atomic E-state index is -0.319. The second-order valence-corrected chi connectivity index (χ2v) is 8.84. The number of hydrogen-bond donors (Lipinski definition) is 2. The van der Waals surface area contributed by atoms with Gasteiger partial charge in [0.05, 0.1) is 33.1 Å². The highest BCUT2D eigenvalue weighted by molar-refractivity contribution is 9.10. The molecule has 0 radical (unpaired) electrons. The lowest BCUT2D eigenvalue weighted by atomic mass is 9.87. The van der Waals surface area contributed by atoms with E-state index in [2.05, 4.69) is 32.6 Å². The summed E-state index contributed by atoms with van der Waals surface area (Å²) in [7, 11) is 0. The van der Waals surface area contributed by atoms with Gasteiger partial charge in [0.15, 0.2) is 0 Å². The fourth-order valence-electron chi connectivity index (χ4n) is 2.93. The Labute approximate surface area is 186 Å². The summed E-state index contributed by atoms with van der Waals surface area (Å²) < 4.78 is 0.811. The Morgan fingerprint density at radius 3 is 2.72 bits per heavy atom. The van der Waals surface area contributed by atoms with E-state index in [0.717, 1.165) is 27.4 Å². The molecule has 1 aliphatic heterocycles. The molecule has 1 aliphatic rings. The number of carbonyl (C=O) groups excluding carboxylic acids is 2. The molecule has 0 aliphatic carbocycles. The molecule has 3 rings (SSSR count). The predicted octanol–water partition coefficient (Wildman–Crippen LogP) is 5.12. The number of nitrogens with one attached hydrogen (secondary N) is 2. The Morgan fingerprint density at radius 1 is 1.34 bits per heavy atom. The molecule has 0 spiro atoms. The van der Waals surface area contributed by atoms with Crippen LogP contribution in [0.5, 0.6) is 0 Å². The van der Waals surface area contributed by atoms with Crippen LogP contribution in [-0.2, 0) is 9.59 Å². The smallest absolute Gasteiger partial charge is 0.234 e. The summed E-state index contributed by atoms with van der Waals surface area (Å²) in [5.41, 5.74) is 2.98. The molecule has 8 heteroatoms. The zero-order valence-corrected chi connectivity index (χ0v) is 18.6. The lowest BCUT2D eigenvalue weighted by Gasteiger charge is -2.25. The monoisotopic (exact) mass is 489 g/mol. The van der Waals surface area contributed by atoms with Crippen LogP contribution in [0.25, 0.3) is 0 Å². The van der Waals surface area contributed by atoms with E-state index >= 15 is 0 Å². The first-order valence-corrected chi connectivity index (χ1v) is 10.9. The minimum absolute atomic E-state index is 0.0355. The second-order valence-electron chi connectivity index (χ2n) is 6.53. The molecule has 1 heterocycles. The van der Waals surface area contributed by atoms with Crippen molar-refractivity contribution in [2.75, 3.05) is 11.1 Å². The third kappa shape index (κ3) is 5.41. The van der Waals surface area contributed by atoms with Crippen molar-refractivity contribution in [1.82, 2.24) is 5.32 Å². The van der Waals surface area contributed by atoms with E-state index in [0.29, 0.717) is 21.3 Å². The van der Waals surface area contributed by atoms with E-state index < -0.39 is 0 Å². The van der Waals surface area contributed by atoms with Gasteiger partial charge in [0.2, 0.25) is 11.8 Å². The predicted molar refractivity (Wildman–Crippen MR) is 120 cm³/mol. The number of halogens is 2. The Kier molecular flexibility index (Phi) is 7.01. The number of thioether (sulfide) groups is 1. The molecular formula is C21H17BrClN3O2S. The fourth-order valence-corrected chi connectivity index (χ4v) is 4.53. The number of benzene rings is 2. The zero-order valence-electron chi connectivity index (χ0n) is 15.5. The number of aryl methyl sites for hydroxylation is 1. The maximum absolute atomic E-state index is 12.3. The third-order valence-electron chi connectivity index (χ3n) is 4.39. The number of hydrogen-bond acceptors (Lipinski definition) is 4. The Hall–Kier alpha value is -2.27. The fraction of sp³-hybridized carbons (Fsp3) is 0.190. The third-order valence-corrected chi connectivity index (χ3v) is 6.21. The normalized spacial score (nSPS) is 16.2. The van der Waals surface area contributed by atoms with Gasteiger partial charge in [-0.1, -0.05) is 69.1 Å². The number of rotatable bonds is 5.